The van der Waals surface area contributed by atoms with Gasteiger partial charge >= 0.3 is 0 Å². The van der Waals surface area contributed by atoms with Gasteiger partial charge in [-0.1, -0.05) is 30.8 Å². The molecule has 1 N–H and O–H groups in total. The second-order valence-corrected chi connectivity index (χ2v) is 11.6. The first-order valence-electron chi connectivity index (χ1n) is 12.2. The molecule has 2 aromatic heterocycles. The highest BCUT2D eigenvalue weighted by atomic mass is 32.2. The minimum atomic E-state index is 0.143. The number of aromatic amines is 1. The Balaban J connectivity index is 1.35. The SMILES string of the molecule is COC1=CCC(Sc2nc(C(C)Cc3cc(C4=CCCS4)n[nH]3)nc(N3CCN(C)CC3)n2)C=C1. The van der Waals surface area contributed by atoms with E-state index in [1.54, 1.807) is 18.9 Å². The van der Waals surface area contributed by atoms with E-state index in [9.17, 15) is 0 Å². The normalized spacial score (nSPS) is 21.7. The zero-order valence-electron chi connectivity index (χ0n) is 20.6. The van der Waals surface area contributed by atoms with Crippen LogP contribution < -0.4 is 4.90 Å². The van der Waals surface area contributed by atoms with Gasteiger partial charge in [0.15, 0.2) is 5.16 Å². The van der Waals surface area contributed by atoms with Crippen LogP contribution in [0.3, 0.4) is 0 Å². The van der Waals surface area contributed by atoms with Gasteiger partial charge in [-0.25, -0.2) is 4.98 Å². The van der Waals surface area contributed by atoms with Gasteiger partial charge in [0, 0.05) is 53.7 Å². The van der Waals surface area contributed by atoms with Crippen LogP contribution in [-0.2, 0) is 11.2 Å². The van der Waals surface area contributed by atoms with Crippen LogP contribution in [-0.4, -0.2) is 81.4 Å². The number of nitrogens with one attached hydrogen (secondary N) is 1. The van der Waals surface area contributed by atoms with Crippen LogP contribution in [0, 0.1) is 0 Å². The summed E-state index contributed by atoms with van der Waals surface area (Å²) in [6.07, 6.45) is 11.4. The van der Waals surface area contributed by atoms with Crippen molar-refractivity contribution in [1.82, 2.24) is 30.0 Å². The van der Waals surface area contributed by atoms with Gasteiger partial charge in [-0.15, -0.1) is 11.8 Å². The summed E-state index contributed by atoms with van der Waals surface area (Å²) >= 11 is 3.58. The molecule has 0 amide bonds. The average Bonchev–Trinajstić information content (AvgIpc) is 3.57. The summed E-state index contributed by atoms with van der Waals surface area (Å²) in [5.74, 6) is 3.84. The first-order chi connectivity index (χ1) is 17.1. The number of ether oxygens (including phenoxy) is 1. The van der Waals surface area contributed by atoms with Gasteiger partial charge < -0.3 is 14.5 Å². The van der Waals surface area contributed by atoms with Crippen LogP contribution in [0.2, 0.25) is 0 Å². The zero-order chi connectivity index (χ0) is 24.2. The standard InChI is InChI=1S/C25H33N7OS2/c1-17(15-18-16-21(30-29-18)22-5-4-14-34-22)23-26-24(32-12-10-31(2)11-13-32)28-25(27-23)35-20-8-6-19(33-3)7-9-20/h5-8,16-17,20H,4,9-15H2,1-3H3,(H,29,30). The largest absolute Gasteiger partial charge is 0.497 e. The van der Waals surface area contributed by atoms with E-state index in [1.807, 2.05) is 17.8 Å². The number of rotatable bonds is 8. The number of piperazine rings is 1. The lowest BCUT2D eigenvalue weighted by atomic mass is 10.0. The number of aromatic nitrogens is 5. The molecule has 0 saturated carbocycles. The molecule has 10 heteroatoms. The van der Waals surface area contributed by atoms with Crippen molar-refractivity contribution in [1.29, 1.82) is 0 Å². The highest BCUT2D eigenvalue weighted by Gasteiger charge is 2.23. The van der Waals surface area contributed by atoms with Gasteiger partial charge in [-0.3, -0.25) is 5.10 Å². The smallest absolute Gasteiger partial charge is 0.229 e. The summed E-state index contributed by atoms with van der Waals surface area (Å²) in [5.41, 5.74) is 2.16. The molecule has 5 rings (SSSR count). The Morgan fingerprint density at radius 3 is 2.77 bits per heavy atom. The molecule has 2 atom stereocenters. The Morgan fingerprint density at radius 1 is 1.20 bits per heavy atom. The van der Waals surface area contributed by atoms with Crippen molar-refractivity contribution >= 4 is 34.4 Å². The monoisotopic (exact) mass is 511 g/mol. The maximum Gasteiger partial charge on any atom is 0.229 e. The lowest BCUT2D eigenvalue weighted by Gasteiger charge is -2.32. The van der Waals surface area contributed by atoms with E-state index < -0.39 is 0 Å². The van der Waals surface area contributed by atoms with Crippen LogP contribution in [0.1, 0.15) is 42.9 Å². The van der Waals surface area contributed by atoms with E-state index in [0.29, 0.717) is 0 Å². The Morgan fingerprint density at radius 2 is 2.06 bits per heavy atom. The average molecular weight is 512 g/mol. The topological polar surface area (TPSA) is 83.1 Å². The summed E-state index contributed by atoms with van der Waals surface area (Å²) in [5, 5.41) is 8.85. The number of H-pyrrole nitrogens is 1. The molecule has 2 aromatic rings. The Labute approximate surface area is 215 Å². The van der Waals surface area contributed by atoms with Crippen molar-refractivity contribution in [3.8, 4) is 0 Å². The van der Waals surface area contributed by atoms with Crippen LogP contribution in [0.25, 0.3) is 4.91 Å². The van der Waals surface area contributed by atoms with Crippen molar-refractivity contribution in [3.63, 3.8) is 0 Å². The third-order valence-corrected chi connectivity index (χ3v) is 8.65. The third-order valence-electron chi connectivity index (χ3n) is 6.48. The predicted octanol–water partition coefficient (Wildman–Crippen LogP) is 4.12. The van der Waals surface area contributed by atoms with E-state index in [4.69, 9.17) is 19.7 Å². The molecule has 0 radical (unpaired) electrons. The van der Waals surface area contributed by atoms with Gasteiger partial charge in [0.05, 0.1) is 12.8 Å². The highest BCUT2D eigenvalue weighted by Crippen LogP contribution is 2.34. The second kappa shape index (κ2) is 11.2. The fourth-order valence-corrected chi connectivity index (χ4v) is 6.19. The maximum atomic E-state index is 5.34. The number of methoxy groups -OCH3 is 1. The molecule has 0 aromatic carbocycles. The van der Waals surface area contributed by atoms with E-state index in [-0.39, 0.29) is 11.2 Å². The van der Waals surface area contributed by atoms with Crippen molar-refractivity contribution in [2.24, 2.45) is 0 Å². The molecule has 1 aliphatic carbocycles. The van der Waals surface area contributed by atoms with Gasteiger partial charge in [-0.2, -0.15) is 15.1 Å². The number of nitrogens with zero attached hydrogens (tertiary/aromatic N) is 6. The molecular weight excluding hydrogens is 478 g/mol. The molecule has 1 fully saturated rings. The second-order valence-electron chi connectivity index (χ2n) is 9.22. The summed E-state index contributed by atoms with van der Waals surface area (Å²) in [6.45, 7) is 6.08. The van der Waals surface area contributed by atoms with E-state index in [2.05, 4.69) is 58.3 Å². The fraction of sp³-hybridized carbons (Fsp3) is 0.520. The van der Waals surface area contributed by atoms with Gasteiger partial charge in [0.1, 0.15) is 11.6 Å². The van der Waals surface area contributed by atoms with E-state index in [0.717, 1.165) is 85.3 Å². The molecule has 0 bridgehead atoms. The zero-order valence-corrected chi connectivity index (χ0v) is 22.2. The molecule has 1 saturated heterocycles. The van der Waals surface area contributed by atoms with Gasteiger partial charge in [0.2, 0.25) is 5.95 Å². The van der Waals surface area contributed by atoms with Crippen molar-refractivity contribution in [3.05, 3.63) is 53.3 Å². The molecule has 2 aliphatic heterocycles. The van der Waals surface area contributed by atoms with Crippen LogP contribution in [0.5, 0.6) is 0 Å². The number of anilines is 1. The van der Waals surface area contributed by atoms with Crippen molar-refractivity contribution in [2.45, 2.75) is 42.5 Å². The van der Waals surface area contributed by atoms with Crippen molar-refractivity contribution in [2.75, 3.05) is 51.0 Å². The summed E-state index contributed by atoms with van der Waals surface area (Å²) in [7, 11) is 3.87. The molecule has 186 valence electrons. The van der Waals surface area contributed by atoms with E-state index in [1.165, 1.54) is 4.91 Å². The van der Waals surface area contributed by atoms with Gasteiger partial charge in [0.25, 0.3) is 0 Å². The Hall–Kier alpha value is -2.30. The Kier molecular flexibility index (Phi) is 7.79. The predicted molar refractivity (Wildman–Crippen MR) is 144 cm³/mol. The quantitative estimate of drug-likeness (QED) is 0.563. The molecule has 35 heavy (non-hydrogen) atoms. The van der Waals surface area contributed by atoms with Crippen LogP contribution >= 0.6 is 23.5 Å². The van der Waals surface area contributed by atoms with Crippen molar-refractivity contribution < 1.29 is 4.74 Å². The number of thioether (sulfide) groups is 2. The number of likely N-dealkylation sites (N-methyl/N-ethyl adjacent to an activating group) is 1. The summed E-state index contributed by atoms with van der Waals surface area (Å²) < 4.78 is 5.34. The molecule has 0 spiro atoms. The molecule has 3 aliphatic rings. The Bertz CT molecular complexity index is 1120. The lowest BCUT2D eigenvalue weighted by Crippen LogP contribution is -2.45. The van der Waals surface area contributed by atoms with Gasteiger partial charge in [-0.05, 0) is 44.5 Å². The number of hydrogen-bond donors (Lipinski definition) is 1. The molecule has 2 unspecified atom stereocenters. The van der Waals surface area contributed by atoms with Crippen LogP contribution in [0.4, 0.5) is 5.95 Å². The third kappa shape index (κ3) is 6.10. The lowest BCUT2D eigenvalue weighted by molar-refractivity contribution is 0.304. The van der Waals surface area contributed by atoms with E-state index >= 15 is 0 Å². The first kappa shape index (κ1) is 24.4. The number of hydrogen-bond acceptors (Lipinski definition) is 9. The minimum absolute atomic E-state index is 0.143. The maximum absolute atomic E-state index is 5.34. The highest BCUT2D eigenvalue weighted by molar-refractivity contribution is 8.08. The molecular formula is C25H33N7OS2. The number of allylic oxidation sites excluding steroid dienone is 3. The van der Waals surface area contributed by atoms with Crippen LogP contribution in [0.15, 0.2) is 41.3 Å². The molecule has 8 nitrogen and oxygen atoms in total. The fourth-order valence-electron chi connectivity index (χ4n) is 4.35. The summed E-state index contributed by atoms with van der Waals surface area (Å²) in [6, 6.07) is 2.17. The minimum Gasteiger partial charge on any atom is -0.497 e. The molecule has 4 heterocycles. The summed E-state index contributed by atoms with van der Waals surface area (Å²) in [4.78, 5) is 20.7. The first-order valence-corrected chi connectivity index (χ1v) is 14.1.